The van der Waals surface area contributed by atoms with Crippen molar-refractivity contribution in [2.75, 3.05) is 31.4 Å². The average molecular weight is 386 g/mol. The number of carbonyl (C=O) groups is 3. The van der Waals surface area contributed by atoms with Gasteiger partial charge in [0.1, 0.15) is 11.5 Å². The second kappa shape index (κ2) is 7.63. The van der Waals surface area contributed by atoms with Gasteiger partial charge in [0.25, 0.3) is 11.8 Å². The standard InChI is InChI=1S/C19H22N4O5/c1-11-17(24)23(4)14-7-5-12(9-16(14)27-11)21-19(26)20-10-13-6-8-15(28-13)18(25)22(2)3/h5-9,11H,10H2,1-4H3,(H2,20,21,26)/t11-/m0/s1. The molecule has 148 valence electrons. The maximum absolute atomic E-state index is 12.1. The van der Waals surface area contributed by atoms with E-state index in [2.05, 4.69) is 10.6 Å². The van der Waals surface area contributed by atoms with Crippen molar-refractivity contribution in [1.82, 2.24) is 10.2 Å². The SMILES string of the molecule is C[C@@H]1Oc2cc(NC(=O)NCc3ccc(C(=O)N(C)C)o3)ccc2N(C)C1=O. The molecule has 0 spiro atoms. The number of nitrogens with one attached hydrogen (secondary N) is 2. The minimum absolute atomic E-state index is 0.127. The fourth-order valence-electron chi connectivity index (χ4n) is 2.75. The fourth-order valence-corrected chi connectivity index (χ4v) is 2.75. The van der Waals surface area contributed by atoms with Gasteiger partial charge in [0.2, 0.25) is 0 Å². The molecule has 28 heavy (non-hydrogen) atoms. The Bertz CT molecular complexity index is 921. The smallest absolute Gasteiger partial charge is 0.319 e. The molecule has 3 rings (SSSR count). The summed E-state index contributed by atoms with van der Waals surface area (Å²) >= 11 is 0. The number of ether oxygens (including phenoxy) is 1. The summed E-state index contributed by atoms with van der Waals surface area (Å²) in [6.07, 6.45) is -0.584. The number of rotatable bonds is 4. The van der Waals surface area contributed by atoms with Crippen molar-refractivity contribution in [2.45, 2.75) is 19.6 Å². The Morgan fingerprint density at radius 3 is 2.68 bits per heavy atom. The Hall–Kier alpha value is -3.49. The van der Waals surface area contributed by atoms with Crippen LogP contribution < -0.4 is 20.3 Å². The van der Waals surface area contributed by atoms with Crippen molar-refractivity contribution in [3.63, 3.8) is 0 Å². The number of likely N-dealkylation sites (N-methyl/N-ethyl adjacent to an activating group) is 1. The van der Waals surface area contributed by atoms with Gasteiger partial charge in [0.15, 0.2) is 11.9 Å². The first-order chi connectivity index (χ1) is 13.3. The van der Waals surface area contributed by atoms with Crippen LogP contribution in [-0.2, 0) is 11.3 Å². The van der Waals surface area contributed by atoms with Crippen molar-refractivity contribution in [2.24, 2.45) is 0 Å². The molecule has 0 saturated heterocycles. The summed E-state index contributed by atoms with van der Waals surface area (Å²) in [5, 5.41) is 5.36. The van der Waals surface area contributed by atoms with Crippen molar-refractivity contribution >= 4 is 29.2 Å². The molecule has 1 aliphatic heterocycles. The van der Waals surface area contributed by atoms with Crippen LogP contribution in [-0.4, -0.2) is 50.0 Å². The first-order valence-electron chi connectivity index (χ1n) is 8.69. The molecule has 1 atom stereocenters. The number of benzene rings is 1. The highest BCUT2D eigenvalue weighted by atomic mass is 16.5. The van der Waals surface area contributed by atoms with E-state index >= 15 is 0 Å². The number of fused-ring (bicyclic) bond motifs is 1. The Morgan fingerprint density at radius 1 is 1.21 bits per heavy atom. The zero-order valence-electron chi connectivity index (χ0n) is 16.1. The van der Waals surface area contributed by atoms with Gasteiger partial charge in [-0.1, -0.05) is 0 Å². The van der Waals surface area contributed by atoms with Crippen molar-refractivity contribution in [3.8, 4) is 5.75 Å². The molecule has 2 heterocycles. The molecule has 0 aliphatic carbocycles. The van der Waals surface area contributed by atoms with Gasteiger partial charge in [-0.05, 0) is 31.2 Å². The van der Waals surface area contributed by atoms with E-state index in [1.165, 1.54) is 9.80 Å². The van der Waals surface area contributed by atoms with Gasteiger partial charge < -0.3 is 29.6 Å². The number of carbonyl (C=O) groups excluding carboxylic acids is 3. The topological polar surface area (TPSA) is 104 Å². The molecule has 1 aliphatic rings. The first kappa shape index (κ1) is 19.3. The molecule has 0 fully saturated rings. The van der Waals surface area contributed by atoms with Crippen LogP contribution >= 0.6 is 0 Å². The highest BCUT2D eigenvalue weighted by Crippen LogP contribution is 2.35. The summed E-state index contributed by atoms with van der Waals surface area (Å²) in [4.78, 5) is 38.8. The van der Waals surface area contributed by atoms with Crippen LogP contribution in [0.2, 0.25) is 0 Å². The third-order valence-electron chi connectivity index (χ3n) is 4.26. The number of hydrogen-bond acceptors (Lipinski definition) is 5. The van der Waals surface area contributed by atoms with E-state index in [-0.39, 0.29) is 24.1 Å². The van der Waals surface area contributed by atoms with Gasteiger partial charge in [-0.3, -0.25) is 9.59 Å². The Balaban J connectivity index is 1.59. The predicted molar refractivity (Wildman–Crippen MR) is 103 cm³/mol. The minimum atomic E-state index is -0.584. The lowest BCUT2D eigenvalue weighted by molar-refractivity contribution is -0.125. The molecule has 0 saturated carbocycles. The van der Waals surface area contributed by atoms with Crippen LogP contribution in [0, 0.1) is 0 Å². The quantitative estimate of drug-likeness (QED) is 0.837. The van der Waals surface area contributed by atoms with Crippen LogP contribution in [0.5, 0.6) is 5.75 Å². The van der Waals surface area contributed by atoms with Crippen LogP contribution in [0.25, 0.3) is 0 Å². The Labute approximate surface area is 162 Å². The van der Waals surface area contributed by atoms with Gasteiger partial charge >= 0.3 is 6.03 Å². The average Bonchev–Trinajstić information content (AvgIpc) is 3.12. The fraction of sp³-hybridized carbons (Fsp3) is 0.316. The summed E-state index contributed by atoms with van der Waals surface area (Å²) in [6, 6.07) is 7.82. The number of anilines is 2. The molecule has 1 aromatic carbocycles. The zero-order valence-corrected chi connectivity index (χ0v) is 16.1. The van der Waals surface area contributed by atoms with E-state index in [4.69, 9.17) is 9.15 Å². The summed E-state index contributed by atoms with van der Waals surface area (Å²) < 4.78 is 11.0. The summed E-state index contributed by atoms with van der Waals surface area (Å²) in [7, 11) is 4.94. The van der Waals surface area contributed by atoms with Crippen molar-refractivity contribution < 1.29 is 23.5 Å². The van der Waals surface area contributed by atoms with E-state index in [0.717, 1.165) is 0 Å². The van der Waals surface area contributed by atoms with E-state index in [1.54, 1.807) is 58.4 Å². The van der Waals surface area contributed by atoms with E-state index in [1.807, 2.05) is 0 Å². The molecule has 1 aromatic heterocycles. The van der Waals surface area contributed by atoms with Crippen LogP contribution in [0.4, 0.5) is 16.2 Å². The lowest BCUT2D eigenvalue weighted by Gasteiger charge is -2.30. The second-order valence-corrected chi connectivity index (χ2v) is 6.61. The summed E-state index contributed by atoms with van der Waals surface area (Å²) in [5.41, 5.74) is 1.16. The third kappa shape index (κ3) is 3.93. The lowest BCUT2D eigenvalue weighted by atomic mass is 10.2. The summed E-state index contributed by atoms with van der Waals surface area (Å²) in [6.45, 7) is 1.80. The molecular weight excluding hydrogens is 364 g/mol. The second-order valence-electron chi connectivity index (χ2n) is 6.61. The largest absolute Gasteiger partial charge is 0.479 e. The molecule has 9 heteroatoms. The molecule has 0 radical (unpaired) electrons. The molecule has 0 unspecified atom stereocenters. The zero-order chi connectivity index (χ0) is 20.4. The maximum atomic E-state index is 12.1. The Morgan fingerprint density at radius 2 is 1.96 bits per heavy atom. The minimum Gasteiger partial charge on any atom is -0.479 e. The highest BCUT2D eigenvalue weighted by Gasteiger charge is 2.29. The third-order valence-corrected chi connectivity index (χ3v) is 4.26. The Kier molecular flexibility index (Phi) is 5.25. The number of nitrogens with zero attached hydrogens (tertiary/aromatic N) is 2. The first-order valence-corrected chi connectivity index (χ1v) is 8.69. The van der Waals surface area contributed by atoms with Gasteiger partial charge in [-0.15, -0.1) is 0 Å². The van der Waals surface area contributed by atoms with E-state index in [0.29, 0.717) is 22.9 Å². The summed E-state index contributed by atoms with van der Waals surface area (Å²) in [5.74, 6) is 0.814. The number of urea groups is 1. The monoisotopic (exact) mass is 386 g/mol. The van der Waals surface area contributed by atoms with Crippen LogP contribution in [0.3, 0.4) is 0 Å². The van der Waals surface area contributed by atoms with Gasteiger partial charge in [0, 0.05) is 32.9 Å². The van der Waals surface area contributed by atoms with Crippen molar-refractivity contribution in [1.29, 1.82) is 0 Å². The van der Waals surface area contributed by atoms with Crippen molar-refractivity contribution in [3.05, 3.63) is 41.9 Å². The van der Waals surface area contributed by atoms with Gasteiger partial charge in [0.05, 0.1) is 12.2 Å². The molecular formula is C19H22N4O5. The number of hydrogen-bond donors (Lipinski definition) is 2. The molecule has 9 nitrogen and oxygen atoms in total. The lowest BCUT2D eigenvalue weighted by Crippen LogP contribution is -2.42. The van der Waals surface area contributed by atoms with Gasteiger partial charge in [-0.25, -0.2) is 4.79 Å². The van der Waals surface area contributed by atoms with Gasteiger partial charge in [-0.2, -0.15) is 0 Å². The molecule has 4 amide bonds. The van der Waals surface area contributed by atoms with E-state index < -0.39 is 12.1 Å². The van der Waals surface area contributed by atoms with Crippen LogP contribution in [0.1, 0.15) is 23.2 Å². The van der Waals surface area contributed by atoms with E-state index in [9.17, 15) is 14.4 Å². The predicted octanol–water partition coefficient (Wildman–Crippen LogP) is 2.05. The molecule has 2 aromatic rings. The number of amides is 4. The highest BCUT2D eigenvalue weighted by molar-refractivity contribution is 6.00. The molecule has 2 N–H and O–H groups in total. The molecule has 0 bridgehead atoms. The number of furan rings is 1. The normalized spacial score (nSPS) is 15.5. The van der Waals surface area contributed by atoms with Crippen LogP contribution in [0.15, 0.2) is 34.7 Å². The maximum Gasteiger partial charge on any atom is 0.319 e.